The van der Waals surface area contributed by atoms with Gasteiger partial charge in [-0.15, -0.1) is 0 Å². The Morgan fingerprint density at radius 1 is 0.673 bits per heavy atom. The molecule has 0 aliphatic carbocycles. The second-order valence-corrected chi connectivity index (χ2v) is 14.6. The first-order valence-electron chi connectivity index (χ1n) is 14.7. The third-order valence-electron chi connectivity index (χ3n) is 5.48. The van der Waals surface area contributed by atoms with Gasteiger partial charge in [0.2, 0.25) is 0 Å². The fourth-order valence-electron chi connectivity index (χ4n) is 3.24. The Bertz CT molecular complexity index is 1390. The van der Waals surface area contributed by atoms with E-state index < -0.39 is 53.3 Å². The number of amides is 2. The van der Waals surface area contributed by atoms with Crippen LogP contribution in [0.25, 0.3) is 0 Å². The number of rotatable bonds is 10. The summed E-state index contributed by atoms with van der Waals surface area (Å²) >= 11 is 4.27. The first-order chi connectivity index (χ1) is 22.6. The molecule has 0 saturated heterocycles. The summed E-state index contributed by atoms with van der Waals surface area (Å²) in [5, 5.41) is 13.3. The standard InChI is InChI=1S/C17H22INO5.C9H18N2O4.C7H5IO2.3CH4/c1-17(2,3)24-16(22)19-10-12(15(21)23-4)9-14(20)11-5-7-13(18)8-6-11;1-9(2,3)15-8(13)11-5-6(10)7(12)14-4;8-6-3-1-5(2-4-6)7(9)10;;;/h5-8,12H,9-10H2,1-4H3,(H,19,22);6H,5,10H2,1-4H3,(H,11,13);1-4H,(H,9,10);3*1H4. The van der Waals surface area contributed by atoms with E-state index in [0.717, 1.165) is 7.14 Å². The largest absolute Gasteiger partial charge is 0.478 e. The number of benzene rings is 2. The van der Waals surface area contributed by atoms with Crippen molar-refractivity contribution in [2.75, 3.05) is 27.3 Å². The van der Waals surface area contributed by atoms with Crippen LogP contribution in [0.5, 0.6) is 0 Å². The summed E-state index contributed by atoms with van der Waals surface area (Å²) in [7, 11) is 2.48. The Morgan fingerprint density at radius 2 is 1.04 bits per heavy atom. The highest BCUT2D eigenvalue weighted by Gasteiger charge is 2.25. The number of carbonyl (C=O) groups is 6. The molecule has 0 heterocycles. The molecular formula is C36H57I2N3O11. The monoisotopic (exact) mass is 961 g/mol. The van der Waals surface area contributed by atoms with E-state index in [2.05, 4.69) is 60.6 Å². The van der Waals surface area contributed by atoms with E-state index in [-0.39, 0.29) is 47.6 Å². The molecular weight excluding hydrogens is 904 g/mol. The SMILES string of the molecule is C.C.C.COC(=O)C(CNC(=O)OC(C)(C)C)CC(=O)c1ccc(I)cc1.COC(=O)C(N)CNC(=O)OC(C)(C)C.O=C(O)c1ccc(I)cc1. The molecule has 2 aromatic carbocycles. The van der Waals surface area contributed by atoms with Gasteiger partial charge in [-0.05, 0) is 123 Å². The van der Waals surface area contributed by atoms with Crippen molar-refractivity contribution in [2.45, 2.75) is 87.5 Å². The van der Waals surface area contributed by atoms with E-state index in [4.69, 9.17) is 25.1 Å². The van der Waals surface area contributed by atoms with Gasteiger partial charge in [-0.2, -0.15) is 0 Å². The van der Waals surface area contributed by atoms with E-state index in [9.17, 15) is 28.8 Å². The van der Waals surface area contributed by atoms with Crippen molar-refractivity contribution in [3.63, 3.8) is 0 Å². The lowest BCUT2D eigenvalue weighted by atomic mass is 9.98. The fourth-order valence-corrected chi connectivity index (χ4v) is 3.96. The van der Waals surface area contributed by atoms with Gasteiger partial charge in [-0.1, -0.05) is 34.4 Å². The van der Waals surface area contributed by atoms with Crippen molar-refractivity contribution in [2.24, 2.45) is 11.7 Å². The van der Waals surface area contributed by atoms with Gasteiger partial charge in [0.05, 0.1) is 25.7 Å². The van der Waals surface area contributed by atoms with E-state index in [1.165, 1.54) is 14.2 Å². The first-order valence-corrected chi connectivity index (χ1v) is 16.9. The fraction of sp³-hybridized carbons (Fsp3) is 0.500. The minimum atomic E-state index is -0.878. The molecule has 0 spiro atoms. The molecule has 16 heteroatoms. The predicted octanol–water partition coefficient (Wildman–Crippen LogP) is 7.09. The number of hydrogen-bond acceptors (Lipinski definition) is 11. The summed E-state index contributed by atoms with van der Waals surface area (Å²) in [6.07, 6.45) is -1.30. The summed E-state index contributed by atoms with van der Waals surface area (Å²) in [5.41, 5.74) is 5.04. The van der Waals surface area contributed by atoms with Gasteiger partial charge < -0.3 is 40.4 Å². The van der Waals surface area contributed by atoms with Crippen LogP contribution in [0.4, 0.5) is 9.59 Å². The van der Waals surface area contributed by atoms with Crippen LogP contribution in [0, 0.1) is 13.1 Å². The minimum absolute atomic E-state index is 0. The van der Waals surface area contributed by atoms with E-state index in [1.807, 2.05) is 12.1 Å². The number of esters is 2. The smallest absolute Gasteiger partial charge is 0.407 e. The van der Waals surface area contributed by atoms with Gasteiger partial charge in [0.1, 0.15) is 17.2 Å². The average Bonchev–Trinajstić information content (AvgIpc) is 3.00. The molecule has 2 atom stereocenters. The third kappa shape index (κ3) is 26.3. The highest BCUT2D eigenvalue weighted by molar-refractivity contribution is 14.1. The van der Waals surface area contributed by atoms with Gasteiger partial charge in [0.15, 0.2) is 5.78 Å². The number of carboxylic acids is 1. The lowest BCUT2D eigenvalue weighted by Crippen LogP contribution is -2.44. The molecule has 0 radical (unpaired) electrons. The number of carboxylic acid groups (broad SMARTS) is 1. The predicted molar refractivity (Wildman–Crippen MR) is 218 cm³/mol. The Kier molecular flexibility index (Phi) is 28.8. The van der Waals surface area contributed by atoms with E-state index in [0.29, 0.717) is 11.1 Å². The molecule has 14 nitrogen and oxygen atoms in total. The normalized spacial score (nSPS) is 11.1. The number of nitrogens with two attached hydrogens (primary N) is 1. The zero-order valence-corrected chi connectivity index (χ0v) is 33.1. The number of ether oxygens (including phenoxy) is 4. The van der Waals surface area contributed by atoms with Gasteiger partial charge in [-0.3, -0.25) is 14.4 Å². The number of ketones is 1. The zero-order valence-electron chi connectivity index (χ0n) is 28.8. The first kappa shape index (κ1) is 55.2. The van der Waals surface area contributed by atoms with Crippen LogP contribution in [0.2, 0.25) is 0 Å². The Morgan fingerprint density at radius 3 is 1.38 bits per heavy atom. The van der Waals surface area contributed by atoms with Crippen molar-refractivity contribution in [3.05, 3.63) is 66.8 Å². The summed E-state index contributed by atoms with van der Waals surface area (Å²) < 4.78 is 21.2. The number of alkyl carbamates (subject to hydrolysis) is 2. The highest BCUT2D eigenvalue weighted by Crippen LogP contribution is 2.14. The van der Waals surface area contributed by atoms with Crippen LogP contribution in [-0.4, -0.2) is 85.5 Å². The van der Waals surface area contributed by atoms with Gasteiger partial charge in [-0.25, -0.2) is 14.4 Å². The van der Waals surface area contributed by atoms with Crippen LogP contribution in [0.1, 0.15) is 91.0 Å². The van der Waals surface area contributed by atoms with Crippen LogP contribution < -0.4 is 16.4 Å². The number of halogens is 2. The molecule has 0 aliphatic rings. The topological polar surface area (TPSA) is 210 Å². The Labute approximate surface area is 335 Å². The minimum Gasteiger partial charge on any atom is -0.478 e. The third-order valence-corrected chi connectivity index (χ3v) is 6.92. The summed E-state index contributed by atoms with van der Waals surface area (Å²) in [6, 6.07) is 12.9. The number of hydrogen-bond donors (Lipinski definition) is 4. The molecule has 0 aliphatic heterocycles. The van der Waals surface area contributed by atoms with Gasteiger partial charge in [0.25, 0.3) is 0 Å². The molecule has 2 unspecified atom stereocenters. The molecule has 52 heavy (non-hydrogen) atoms. The lowest BCUT2D eigenvalue weighted by Gasteiger charge is -2.21. The quantitative estimate of drug-likeness (QED) is 0.0815. The number of carbonyl (C=O) groups excluding carboxylic acids is 5. The summed E-state index contributed by atoms with van der Waals surface area (Å²) in [6.45, 7) is 10.4. The highest BCUT2D eigenvalue weighted by atomic mass is 127. The lowest BCUT2D eigenvalue weighted by molar-refractivity contribution is -0.145. The van der Waals surface area contributed by atoms with Crippen molar-refractivity contribution >= 4 is 81.1 Å². The second kappa shape index (κ2) is 27.1. The molecule has 0 bridgehead atoms. The molecule has 0 saturated carbocycles. The summed E-state index contributed by atoms with van der Waals surface area (Å²) in [5.74, 6) is -2.96. The van der Waals surface area contributed by atoms with Crippen molar-refractivity contribution in [1.29, 1.82) is 0 Å². The Balaban J connectivity index is -0.000000354. The van der Waals surface area contributed by atoms with E-state index >= 15 is 0 Å². The number of Topliss-reactive ketones (excluding diaryl/α,β-unsaturated/α-hetero) is 1. The molecule has 2 amide bonds. The molecule has 0 aromatic heterocycles. The van der Waals surface area contributed by atoms with Crippen LogP contribution in [-0.2, 0) is 28.5 Å². The maximum absolute atomic E-state index is 12.3. The van der Waals surface area contributed by atoms with Crippen LogP contribution in [0.15, 0.2) is 48.5 Å². The van der Waals surface area contributed by atoms with Gasteiger partial charge >= 0.3 is 30.1 Å². The number of aromatic carboxylic acids is 1. The van der Waals surface area contributed by atoms with Crippen molar-refractivity contribution in [3.8, 4) is 0 Å². The molecule has 0 fully saturated rings. The average molecular weight is 962 g/mol. The maximum atomic E-state index is 12.3. The molecule has 296 valence electrons. The van der Waals surface area contributed by atoms with Gasteiger partial charge in [0, 0.05) is 32.2 Å². The molecule has 2 rings (SSSR count). The van der Waals surface area contributed by atoms with E-state index in [1.54, 1.807) is 77.9 Å². The van der Waals surface area contributed by atoms with Crippen LogP contribution in [0.3, 0.4) is 0 Å². The Hall–Kier alpha value is -3.52. The van der Waals surface area contributed by atoms with Crippen LogP contribution >= 0.6 is 45.2 Å². The van der Waals surface area contributed by atoms with Crippen molar-refractivity contribution in [1.82, 2.24) is 10.6 Å². The molecule has 5 N–H and O–H groups in total. The second-order valence-electron chi connectivity index (χ2n) is 12.1. The molecule has 2 aromatic rings. The zero-order chi connectivity index (χ0) is 37.9. The maximum Gasteiger partial charge on any atom is 0.407 e. The van der Waals surface area contributed by atoms with Crippen molar-refractivity contribution < 1.29 is 52.8 Å². The number of nitrogens with one attached hydrogen (secondary N) is 2. The number of methoxy groups -OCH3 is 2. The summed E-state index contributed by atoms with van der Waals surface area (Å²) in [4.78, 5) is 68.2.